The summed E-state index contributed by atoms with van der Waals surface area (Å²) in [5.41, 5.74) is 1.34. The van der Waals surface area contributed by atoms with Gasteiger partial charge in [0.25, 0.3) is 0 Å². The van der Waals surface area contributed by atoms with Crippen molar-refractivity contribution in [3.05, 3.63) is 35.9 Å². The van der Waals surface area contributed by atoms with Crippen molar-refractivity contribution < 1.29 is 0 Å². The second-order valence-electron chi connectivity index (χ2n) is 4.34. The monoisotopic (exact) mass is 347 g/mol. The first-order chi connectivity index (χ1) is 7.59. The molecule has 0 radical (unpaired) electrons. The van der Waals surface area contributed by atoms with Gasteiger partial charge in [0.05, 0.1) is 3.74 Å². The lowest BCUT2D eigenvalue weighted by Crippen LogP contribution is -2.34. The highest BCUT2D eigenvalue weighted by molar-refractivity contribution is 9.24. The molecule has 1 nitrogen and oxygen atoms in total. The summed E-state index contributed by atoms with van der Waals surface area (Å²) >= 11 is 7.09. The molecule has 0 amide bonds. The molecule has 1 aromatic rings. The van der Waals surface area contributed by atoms with Crippen LogP contribution in [-0.4, -0.2) is 9.78 Å². The second kappa shape index (κ2) is 7.46. The molecule has 0 fully saturated rings. The Kier molecular flexibility index (Phi) is 6.62. The largest absolute Gasteiger partial charge is 0.310 e. The molecule has 1 atom stereocenters. The summed E-state index contributed by atoms with van der Waals surface area (Å²) in [6, 6.07) is 11.1. The van der Waals surface area contributed by atoms with Crippen LogP contribution in [0.15, 0.2) is 30.3 Å². The van der Waals surface area contributed by atoms with Gasteiger partial charge in [-0.3, -0.25) is 0 Å². The maximum Gasteiger partial charge on any atom is 0.0712 e. The summed E-state index contributed by atoms with van der Waals surface area (Å²) in [6.07, 6.45) is 1.09. The molecule has 3 heteroatoms. The maximum absolute atomic E-state index is 3.61. The molecule has 0 aliphatic carbocycles. The molecule has 16 heavy (non-hydrogen) atoms. The van der Waals surface area contributed by atoms with Gasteiger partial charge in [0.15, 0.2) is 0 Å². The van der Waals surface area contributed by atoms with E-state index in [4.69, 9.17) is 0 Å². The molecule has 0 heterocycles. The molecular weight excluding hydrogens is 330 g/mol. The first-order valence-corrected chi connectivity index (χ1v) is 7.48. The fraction of sp³-hybridized carbons (Fsp3) is 0.538. The third-order valence-corrected chi connectivity index (χ3v) is 3.40. The van der Waals surface area contributed by atoms with Gasteiger partial charge in [0, 0.05) is 12.6 Å². The Hall–Kier alpha value is 0.140. The van der Waals surface area contributed by atoms with E-state index in [1.807, 2.05) is 0 Å². The summed E-state index contributed by atoms with van der Waals surface area (Å²) in [6.45, 7) is 5.45. The summed E-state index contributed by atoms with van der Waals surface area (Å²) in [4.78, 5) is 0. The Morgan fingerprint density at radius 1 is 1.12 bits per heavy atom. The zero-order valence-electron chi connectivity index (χ0n) is 9.79. The number of alkyl halides is 2. The Bertz CT molecular complexity index is 285. The minimum Gasteiger partial charge on any atom is -0.310 e. The van der Waals surface area contributed by atoms with Crippen LogP contribution < -0.4 is 5.32 Å². The highest BCUT2D eigenvalue weighted by Gasteiger charge is 2.15. The third kappa shape index (κ3) is 5.46. The predicted molar refractivity (Wildman–Crippen MR) is 78.2 cm³/mol. The van der Waals surface area contributed by atoms with Crippen molar-refractivity contribution in [3.63, 3.8) is 0 Å². The van der Waals surface area contributed by atoms with E-state index in [0.29, 0.717) is 15.7 Å². The van der Waals surface area contributed by atoms with Crippen molar-refractivity contribution in [1.82, 2.24) is 5.32 Å². The van der Waals surface area contributed by atoms with Crippen LogP contribution in [0, 0.1) is 5.92 Å². The van der Waals surface area contributed by atoms with Crippen LogP contribution in [0.4, 0.5) is 0 Å². The molecule has 0 spiro atoms. The third-order valence-electron chi connectivity index (χ3n) is 2.65. The van der Waals surface area contributed by atoms with Gasteiger partial charge >= 0.3 is 0 Å². The van der Waals surface area contributed by atoms with Crippen LogP contribution in [0.3, 0.4) is 0 Å². The minimum atomic E-state index is 0.385. The van der Waals surface area contributed by atoms with Crippen LogP contribution >= 0.6 is 31.9 Å². The Morgan fingerprint density at radius 2 is 1.75 bits per heavy atom. The van der Waals surface area contributed by atoms with Crippen molar-refractivity contribution in [3.8, 4) is 0 Å². The average Bonchev–Trinajstić information content (AvgIpc) is 2.25. The van der Waals surface area contributed by atoms with Crippen LogP contribution in [0.5, 0.6) is 0 Å². The summed E-state index contributed by atoms with van der Waals surface area (Å²) in [5.74, 6) is 0.640. The smallest absolute Gasteiger partial charge is 0.0712 e. The number of hydrogen-bond donors (Lipinski definition) is 1. The molecule has 0 aliphatic heterocycles. The molecule has 0 saturated heterocycles. The topological polar surface area (TPSA) is 12.0 Å². The zero-order chi connectivity index (χ0) is 12.0. The molecule has 0 aromatic heterocycles. The molecule has 1 N–H and O–H groups in total. The molecule has 90 valence electrons. The average molecular weight is 349 g/mol. The van der Waals surface area contributed by atoms with E-state index in [-0.39, 0.29) is 0 Å². The van der Waals surface area contributed by atoms with Gasteiger partial charge < -0.3 is 5.32 Å². The van der Waals surface area contributed by atoms with Gasteiger partial charge in [-0.15, -0.1) is 0 Å². The van der Waals surface area contributed by atoms with Gasteiger partial charge in [-0.05, 0) is 17.9 Å². The number of rotatable bonds is 6. The lowest BCUT2D eigenvalue weighted by Gasteiger charge is -2.23. The molecule has 0 aliphatic rings. The van der Waals surface area contributed by atoms with Gasteiger partial charge in [0.1, 0.15) is 0 Å². The molecule has 1 aromatic carbocycles. The first kappa shape index (κ1) is 14.2. The second-order valence-corrected chi connectivity index (χ2v) is 7.78. The Morgan fingerprint density at radius 3 is 2.25 bits per heavy atom. The van der Waals surface area contributed by atoms with E-state index >= 15 is 0 Å². The van der Waals surface area contributed by atoms with Crippen molar-refractivity contribution in [1.29, 1.82) is 0 Å². The summed E-state index contributed by atoms with van der Waals surface area (Å²) in [5, 5.41) is 3.61. The fourth-order valence-corrected chi connectivity index (χ4v) is 2.43. The highest BCUT2D eigenvalue weighted by atomic mass is 79.9. The van der Waals surface area contributed by atoms with E-state index in [9.17, 15) is 0 Å². The van der Waals surface area contributed by atoms with Gasteiger partial charge in [-0.1, -0.05) is 76.0 Å². The lowest BCUT2D eigenvalue weighted by molar-refractivity contribution is 0.387. The number of hydrogen-bond acceptors (Lipinski definition) is 1. The summed E-state index contributed by atoms with van der Waals surface area (Å²) < 4.78 is 0.385. The van der Waals surface area contributed by atoms with Gasteiger partial charge in [-0.2, -0.15) is 0 Å². The molecule has 1 rings (SSSR count). The van der Waals surface area contributed by atoms with E-state index in [1.54, 1.807) is 0 Å². The van der Waals surface area contributed by atoms with Crippen LogP contribution in [-0.2, 0) is 6.54 Å². The van der Waals surface area contributed by atoms with E-state index in [0.717, 1.165) is 13.0 Å². The SMILES string of the molecule is CC(C)C(CC(Br)Br)NCc1ccccc1. The number of benzene rings is 1. The van der Waals surface area contributed by atoms with Crippen LogP contribution in [0.2, 0.25) is 0 Å². The van der Waals surface area contributed by atoms with E-state index < -0.39 is 0 Å². The van der Waals surface area contributed by atoms with E-state index in [2.05, 4.69) is 81.4 Å². The van der Waals surface area contributed by atoms with Crippen molar-refractivity contribution in [2.75, 3.05) is 0 Å². The van der Waals surface area contributed by atoms with Gasteiger partial charge in [-0.25, -0.2) is 0 Å². The Balaban J connectivity index is 2.44. The minimum absolute atomic E-state index is 0.385. The van der Waals surface area contributed by atoms with E-state index in [1.165, 1.54) is 5.56 Å². The molecule has 1 unspecified atom stereocenters. The van der Waals surface area contributed by atoms with Crippen molar-refractivity contribution >= 4 is 31.9 Å². The zero-order valence-corrected chi connectivity index (χ0v) is 13.0. The maximum atomic E-state index is 3.61. The Labute approximate surface area is 115 Å². The normalized spacial score (nSPS) is 13.4. The van der Waals surface area contributed by atoms with Crippen LogP contribution in [0.25, 0.3) is 0 Å². The highest BCUT2D eigenvalue weighted by Crippen LogP contribution is 2.19. The quantitative estimate of drug-likeness (QED) is 0.755. The molecule has 0 saturated carbocycles. The van der Waals surface area contributed by atoms with Crippen LogP contribution in [0.1, 0.15) is 25.8 Å². The summed E-state index contributed by atoms with van der Waals surface area (Å²) in [7, 11) is 0. The van der Waals surface area contributed by atoms with Crippen molar-refractivity contribution in [2.45, 2.75) is 36.6 Å². The standard InChI is InChI=1S/C13H19Br2N/c1-10(2)12(8-13(14)15)16-9-11-6-4-3-5-7-11/h3-7,10,12-13,16H,8-9H2,1-2H3. The lowest BCUT2D eigenvalue weighted by atomic mass is 10.0. The van der Waals surface area contributed by atoms with Crippen molar-refractivity contribution in [2.24, 2.45) is 5.92 Å². The number of halogens is 2. The fourth-order valence-electron chi connectivity index (χ4n) is 1.63. The van der Waals surface area contributed by atoms with Gasteiger partial charge in [0.2, 0.25) is 0 Å². The first-order valence-electron chi connectivity index (χ1n) is 5.65. The predicted octanol–water partition coefficient (Wildman–Crippen LogP) is 4.31. The molecule has 0 bridgehead atoms. The number of nitrogens with one attached hydrogen (secondary N) is 1. The molecular formula is C13H19Br2N.